The van der Waals surface area contributed by atoms with Crippen LogP contribution >= 0.6 is 23.2 Å². The van der Waals surface area contributed by atoms with Gasteiger partial charge < -0.3 is 10.1 Å². The summed E-state index contributed by atoms with van der Waals surface area (Å²) < 4.78 is 5.58. The van der Waals surface area contributed by atoms with E-state index < -0.39 is 0 Å². The highest BCUT2D eigenvalue weighted by Gasteiger charge is 2.09. The monoisotopic (exact) mass is 261 g/mol. The van der Waals surface area contributed by atoms with Gasteiger partial charge in [0.25, 0.3) is 0 Å². The van der Waals surface area contributed by atoms with Crippen molar-refractivity contribution in [3.05, 3.63) is 28.2 Å². The van der Waals surface area contributed by atoms with E-state index in [1.54, 1.807) is 12.1 Å². The van der Waals surface area contributed by atoms with E-state index in [-0.39, 0.29) is 5.60 Å². The zero-order chi connectivity index (χ0) is 12.2. The number of rotatable bonds is 4. The summed E-state index contributed by atoms with van der Waals surface area (Å²) in [6.45, 7) is 7.37. The molecule has 0 saturated carbocycles. The third-order valence-electron chi connectivity index (χ3n) is 1.90. The van der Waals surface area contributed by atoms with Crippen molar-refractivity contribution in [1.82, 2.24) is 0 Å². The third kappa shape index (κ3) is 4.60. The van der Waals surface area contributed by atoms with Gasteiger partial charge in [-0.05, 0) is 32.9 Å². The molecule has 0 unspecified atom stereocenters. The first-order chi connectivity index (χ1) is 7.40. The molecule has 0 aromatic heterocycles. The zero-order valence-corrected chi connectivity index (χ0v) is 11.3. The van der Waals surface area contributed by atoms with Gasteiger partial charge in [0.2, 0.25) is 0 Å². The second-order valence-corrected chi connectivity index (χ2v) is 5.30. The first-order valence-electron chi connectivity index (χ1n) is 5.22. The van der Waals surface area contributed by atoms with Crippen molar-refractivity contribution < 1.29 is 4.74 Å². The minimum absolute atomic E-state index is 0.119. The highest BCUT2D eigenvalue weighted by molar-refractivity contribution is 6.39. The first-order valence-corrected chi connectivity index (χ1v) is 5.97. The van der Waals surface area contributed by atoms with Crippen molar-refractivity contribution in [3.63, 3.8) is 0 Å². The molecule has 2 nitrogen and oxygen atoms in total. The molecule has 0 spiro atoms. The number of hydrogen-bond donors (Lipinski definition) is 1. The summed E-state index contributed by atoms with van der Waals surface area (Å²) in [5.41, 5.74) is 0.648. The Labute approximate surface area is 107 Å². The van der Waals surface area contributed by atoms with Crippen molar-refractivity contribution in [2.45, 2.75) is 26.4 Å². The smallest absolute Gasteiger partial charge is 0.0719 e. The van der Waals surface area contributed by atoms with Gasteiger partial charge in [-0.15, -0.1) is 0 Å². The number of benzene rings is 1. The van der Waals surface area contributed by atoms with E-state index in [1.807, 2.05) is 26.8 Å². The lowest BCUT2D eigenvalue weighted by molar-refractivity contribution is 0.00334. The highest BCUT2D eigenvalue weighted by atomic mass is 35.5. The molecule has 0 aliphatic carbocycles. The normalized spacial score (nSPS) is 11.6. The van der Waals surface area contributed by atoms with Crippen molar-refractivity contribution >= 4 is 28.9 Å². The first kappa shape index (κ1) is 13.6. The van der Waals surface area contributed by atoms with Gasteiger partial charge in [0.15, 0.2) is 0 Å². The average Bonchev–Trinajstić information content (AvgIpc) is 2.14. The summed E-state index contributed by atoms with van der Waals surface area (Å²) >= 11 is 12.0. The van der Waals surface area contributed by atoms with E-state index in [2.05, 4.69) is 5.32 Å². The second kappa shape index (κ2) is 5.76. The SMILES string of the molecule is CC(C)(C)OCCNc1c(Cl)cccc1Cl. The van der Waals surface area contributed by atoms with E-state index >= 15 is 0 Å². The number of ether oxygens (including phenoxy) is 1. The van der Waals surface area contributed by atoms with Gasteiger partial charge in [0.05, 0.1) is 27.9 Å². The van der Waals surface area contributed by atoms with Gasteiger partial charge in [-0.2, -0.15) is 0 Å². The molecule has 0 atom stereocenters. The van der Waals surface area contributed by atoms with Crippen molar-refractivity contribution in [2.75, 3.05) is 18.5 Å². The molecule has 90 valence electrons. The second-order valence-electron chi connectivity index (χ2n) is 4.48. The van der Waals surface area contributed by atoms with E-state index in [0.29, 0.717) is 23.2 Å². The van der Waals surface area contributed by atoms with Crippen molar-refractivity contribution in [1.29, 1.82) is 0 Å². The Balaban J connectivity index is 2.43. The van der Waals surface area contributed by atoms with E-state index in [4.69, 9.17) is 27.9 Å². The Morgan fingerprint density at radius 1 is 1.19 bits per heavy atom. The van der Waals surface area contributed by atoms with Crippen LogP contribution in [0, 0.1) is 0 Å². The third-order valence-corrected chi connectivity index (χ3v) is 2.53. The lowest BCUT2D eigenvalue weighted by Gasteiger charge is -2.20. The number of para-hydroxylation sites is 1. The van der Waals surface area contributed by atoms with Crippen LogP contribution in [0.3, 0.4) is 0 Å². The van der Waals surface area contributed by atoms with E-state index in [9.17, 15) is 0 Å². The van der Waals surface area contributed by atoms with Gasteiger partial charge in [0.1, 0.15) is 0 Å². The molecule has 0 aliphatic heterocycles. The van der Waals surface area contributed by atoms with Crippen LogP contribution in [0.4, 0.5) is 5.69 Å². The number of halogens is 2. The average molecular weight is 262 g/mol. The number of anilines is 1. The molecule has 0 fully saturated rings. The predicted octanol–water partition coefficient (Wildman–Crippen LogP) is 4.22. The van der Waals surface area contributed by atoms with Crippen molar-refractivity contribution in [3.8, 4) is 0 Å². The van der Waals surface area contributed by atoms with Crippen molar-refractivity contribution in [2.24, 2.45) is 0 Å². The highest BCUT2D eigenvalue weighted by Crippen LogP contribution is 2.29. The molecule has 1 aromatic carbocycles. The van der Waals surface area contributed by atoms with Crippen LogP contribution in [0.15, 0.2) is 18.2 Å². The molecule has 0 radical (unpaired) electrons. The number of nitrogens with one attached hydrogen (secondary N) is 1. The van der Waals surface area contributed by atoms with Gasteiger partial charge in [-0.25, -0.2) is 0 Å². The Bertz CT molecular complexity index is 327. The summed E-state index contributed by atoms with van der Waals surface area (Å²) in [6, 6.07) is 5.43. The summed E-state index contributed by atoms with van der Waals surface area (Å²) in [5.74, 6) is 0. The largest absolute Gasteiger partial charge is 0.380 e. The van der Waals surface area contributed by atoms with Crippen LogP contribution in [-0.4, -0.2) is 18.8 Å². The summed E-state index contributed by atoms with van der Waals surface area (Å²) in [4.78, 5) is 0. The van der Waals surface area contributed by atoms with E-state index in [0.717, 1.165) is 5.69 Å². The molecule has 1 aromatic rings. The van der Waals surface area contributed by atoms with Crippen LogP contribution in [0.1, 0.15) is 20.8 Å². The van der Waals surface area contributed by atoms with Gasteiger partial charge in [-0.1, -0.05) is 29.3 Å². The fourth-order valence-corrected chi connectivity index (χ4v) is 1.73. The quantitative estimate of drug-likeness (QED) is 0.820. The van der Waals surface area contributed by atoms with E-state index in [1.165, 1.54) is 0 Å². The predicted molar refractivity (Wildman–Crippen MR) is 70.7 cm³/mol. The molecular weight excluding hydrogens is 245 g/mol. The Morgan fingerprint density at radius 3 is 2.25 bits per heavy atom. The lowest BCUT2D eigenvalue weighted by Crippen LogP contribution is -2.23. The van der Waals surface area contributed by atoms with Crippen LogP contribution in [-0.2, 0) is 4.74 Å². The maximum atomic E-state index is 6.01. The molecule has 0 aliphatic rings. The minimum Gasteiger partial charge on any atom is -0.380 e. The van der Waals surface area contributed by atoms with Gasteiger partial charge >= 0.3 is 0 Å². The zero-order valence-electron chi connectivity index (χ0n) is 9.81. The molecule has 0 heterocycles. The molecule has 0 bridgehead atoms. The Morgan fingerprint density at radius 2 is 1.75 bits per heavy atom. The van der Waals surface area contributed by atoms with Gasteiger partial charge in [0, 0.05) is 6.54 Å². The molecule has 0 amide bonds. The maximum Gasteiger partial charge on any atom is 0.0719 e. The topological polar surface area (TPSA) is 21.3 Å². The minimum atomic E-state index is -0.119. The molecule has 4 heteroatoms. The molecule has 16 heavy (non-hydrogen) atoms. The fraction of sp³-hybridized carbons (Fsp3) is 0.500. The van der Waals surface area contributed by atoms with Crippen LogP contribution in [0.25, 0.3) is 0 Å². The molecular formula is C12H17Cl2NO. The van der Waals surface area contributed by atoms with Crippen LogP contribution in [0.5, 0.6) is 0 Å². The Hall–Kier alpha value is -0.440. The Kier molecular flexibility index (Phi) is 4.90. The lowest BCUT2D eigenvalue weighted by atomic mass is 10.2. The van der Waals surface area contributed by atoms with Crippen LogP contribution in [0.2, 0.25) is 10.0 Å². The van der Waals surface area contributed by atoms with Crippen LogP contribution < -0.4 is 5.32 Å². The number of hydrogen-bond acceptors (Lipinski definition) is 2. The molecule has 1 N–H and O–H groups in total. The molecule has 0 saturated heterocycles. The summed E-state index contributed by atoms with van der Waals surface area (Å²) in [7, 11) is 0. The maximum absolute atomic E-state index is 6.01. The fourth-order valence-electron chi connectivity index (χ4n) is 1.20. The summed E-state index contributed by atoms with van der Waals surface area (Å²) in [5, 5.41) is 4.42. The van der Waals surface area contributed by atoms with Gasteiger partial charge in [-0.3, -0.25) is 0 Å². The molecule has 1 rings (SSSR count). The standard InChI is InChI=1S/C12H17Cl2NO/c1-12(2,3)16-8-7-15-11-9(13)5-4-6-10(11)14/h4-6,15H,7-8H2,1-3H3. The summed E-state index contributed by atoms with van der Waals surface area (Å²) in [6.07, 6.45) is 0.